The van der Waals surface area contributed by atoms with Crippen molar-refractivity contribution in [2.75, 3.05) is 19.6 Å². The van der Waals surface area contributed by atoms with Crippen molar-refractivity contribution in [3.63, 3.8) is 0 Å². The van der Waals surface area contributed by atoms with E-state index in [-0.39, 0.29) is 70.6 Å². The van der Waals surface area contributed by atoms with Crippen molar-refractivity contribution in [1.29, 1.82) is 0 Å². The van der Waals surface area contributed by atoms with E-state index in [9.17, 15) is 70.0 Å². The molecule has 66 heavy (non-hydrogen) atoms. The number of hydrogen-bond donors (Lipinski definition) is 3. The largest absolute Gasteiger partial charge is 0.336 e. The van der Waals surface area contributed by atoms with Crippen LogP contribution >= 0.6 is 0 Å². The molecule has 360 valence electrons. The van der Waals surface area contributed by atoms with Gasteiger partial charge in [0.1, 0.15) is 0 Å². The van der Waals surface area contributed by atoms with E-state index in [1.807, 2.05) is 0 Å². The van der Waals surface area contributed by atoms with Crippen LogP contribution < -0.4 is 31.2 Å². The Hall–Kier alpha value is -6.00. The maximum Gasteiger partial charge on any atom is 0.336 e. The maximum atomic E-state index is 14.3. The van der Waals surface area contributed by atoms with E-state index in [1.165, 1.54) is 20.8 Å². The number of aromatic nitrogens is 3. The van der Waals surface area contributed by atoms with Gasteiger partial charge in [-0.25, -0.2) is 67.5 Å². The molecule has 0 amide bonds. The van der Waals surface area contributed by atoms with Gasteiger partial charge in [0.2, 0.25) is 30.1 Å². The van der Waals surface area contributed by atoms with Gasteiger partial charge < -0.3 is 0 Å². The van der Waals surface area contributed by atoms with E-state index in [0.29, 0.717) is 0 Å². The van der Waals surface area contributed by atoms with Crippen LogP contribution in [0.5, 0.6) is 0 Å². The third-order valence-electron chi connectivity index (χ3n) is 10.7. The molecular formula is C39H51N9O15S3. The summed E-state index contributed by atoms with van der Waals surface area (Å²) in [6.07, 6.45) is 0.0850. The number of nitro groups is 3. The van der Waals surface area contributed by atoms with Gasteiger partial charge in [-0.15, -0.1) is 0 Å². The Morgan fingerprint density at radius 2 is 0.621 bits per heavy atom. The van der Waals surface area contributed by atoms with Crippen molar-refractivity contribution in [3.8, 4) is 0 Å². The van der Waals surface area contributed by atoms with Gasteiger partial charge in [0.05, 0.1) is 29.5 Å². The quantitative estimate of drug-likeness (QED) is 0.0667. The molecule has 3 aromatic carbocycles. The van der Waals surface area contributed by atoms with Crippen molar-refractivity contribution >= 4 is 47.1 Å². The SMILES string of the molecule is C[C@H](CNS(=O)(=O)c1ccc([N+](=O)[O-])cc1)C[C@@H](C)n1c(=O)n([C@H](C)C[C@H](C)CNS(=O)(=O)c2ccc([N+](=O)[O-])cc2)c(=O)n([C@H](C)C[C@H](C)CNS(=O)(=O)c2ccc([N+](=O)[O-])cc2)c1=O. The van der Waals surface area contributed by atoms with Gasteiger partial charge in [0.15, 0.2) is 0 Å². The fourth-order valence-electron chi connectivity index (χ4n) is 7.28. The Kier molecular flexibility index (Phi) is 17.2. The van der Waals surface area contributed by atoms with E-state index in [0.717, 1.165) is 86.5 Å². The monoisotopic (exact) mass is 981 g/mol. The molecule has 6 atom stereocenters. The van der Waals surface area contributed by atoms with Crippen molar-refractivity contribution in [1.82, 2.24) is 27.9 Å². The first kappa shape index (κ1) is 52.6. The fraction of sp³-hybridized carbons (Fsp3) is 0.462. The number of hydrogen-bond acceptors (Lipinski definition) is 15. The third kappa shape index (κ3) is 13.1. The first-order valence-electron chi connectivity index (χ1n) is 20.4. The van der Waals surface area contributed by atoms with Gasteiger partial charge in [-0.3, -0.25) is 30.3 Å². The van der Waals surface area contributed by atoms with Gasteiger partial charge in [-0.05, 0) is 94.2 Å². The van der Waals surface area contributed by atoms with Crippen molar-refractivity contribution in [2.45, 2.75) is 93.6 Å². The van der Waals surface area contributed by atoms with Crippen LogP contribution in [0.3, 0.4) is 0 Å². The summed E-state index contributed by atoms with van der Waals surface area (Å²) in [5.74, 6) is -1.60. The second-order valence-electron chi connectivity index (χ2n) is 16.3. The van der Waals surface area contributed by atoms with Gasteiger partial charge in [0.25, 0.3) is 17.1 Å². The lowest BCUT2D eigenvalue weighted by molar-refractivity contribution is -0.385. The highest BCUT2D eigenvalue weighted by atomic mass is 32.2. The fourth-order valence-corrected chi connectivity index (χ4v) is 10.8. The molecule has 0 aliphatic carbocycles. The molecule has 4 aromatic rings. The number of nitro benzene ring substituents is 3. The molecule has 0 fully saturated rings. The average molecular weight is 982 g/mol. The zero-order valence-electron chi connectivity index (χ0n) is 36.7. The van der Waals surface area contributed by atoms with Crippen LogP contribution in [0.4, 0.5) is 17.1 Å². The molecule has 1 heterocycles. The number of rotatable bonds is 24. The van der Waals surface area contributed by atoms with Crippen LogP contribution in [0.1, 0.15) is 78.9 Å². The maximum absolute atomic E-state index is 14.3. The van der Waals surface area contributed by atoms with Crippen LogP contribution in [0.15, 0.2) is 102 Å². The summed E-state index contributed by atoms with van der Waals surface area (Å²) in [5.41, 5.74) is -3.90. The minimum atomic E-state index is -4.14. The lowest BCUT2D eigenvalue weighted by Crippen LogP contribution is -2.57. The Bertz CT molecular complexity index is 2590. The molecule has 0 aliphatic rings. The number of benzene rings is 3. The molecule has 0 saturated carbocycles. The lowest BCUT2D eigenvalue weighted by atomic mass is 10.0. The third-order valence-corrected chi connectivity index (χ3v) is 15.0. The average Bonchev–Trinajstić information content (AvgIpc) is 3.24. The molecule has 24 nitrogen and oxygen atoms in total. The predicted octanol–water partition coefficient (Wildman–Crippen LogP) is 3.59. The number of nitrogens with zero attached hydrogens (tertiary/aromatic N) is 6. The van der Waals surface area contributed by atoms with Crippen LogP contribution in [-0.2, 0) is 30.1 Å². The van der Waals surface area contributed by atoms with Crippen LogP contribution in [0.25, 0.3) is 0 Å². The van der Waals surface area contributed by atoms with Crippen LogP contribution in [0, 0.1) is 48.1 Å². The van der Waals surface area contributed by atoms with Crippen LogP contribution in [-0.4, -0.2) is 73.4 Å². The molecule has 4 rings (SSSR count). The van der Waals surface area contributed by atoms with Crippen molar-refractivity contribution in [2.24, 2.45) is 17.8 Å². The van der Waals surface area contributed by atoms with Gasteiger partial charge in [-0.2, -0.15) is 0 Å². The summed E-state index contributed by atoms with van der Waals surface area (Å²) in [6, 6.07) is 9.84. The van der Waals surface area contributed by atoms with Gasteiger partial charge in [-0.1, -0.05) is 20.8 Å². The summed E-state index contributed by atoms with van der Waals surface area (Å²) in [5, 5.41) is 33.1. The minimum Gasteiger partial charge on any atom is -0.258 e. The summed E-state index contributed by atoms with van der Waals surface area (Å²) >= 11 is 0. The Balaban J connectivity index is 1.61. The molecular weight excluding hydrogens is 931 g/mol. The van der Waals surface area contributed by atoms with E-state index in [2.05, 4.69) is 14.2 Å². The molecule has 0 unspecified atom stereocenters. The lowest BCUT2D eigenvalue weighted by Gasteiger charge is -2.27. The number of sulfonamides is 3. The van der Waals surface area contributed by atoms with E-state index < -0.39 is 97.8 Å². The Morgan fingerprint density at radius 1 is 0.424 bits per heavy atom. The predicted molar refractivity (Wildman–Crippen MR) is 240 cm³/mol. The minimum absolute atomic E-state index is 0.0283. The molecule has 0 aliphatic heterocycles. The van der Waals surface area contributed by atoms with Crippen LogP contribution in [0.2, 0.25) is 0 Å². The Labute approximate surface area is 379 Å². The molecule has 0 spiro atoms. The first-order chi connectivity index (χ1) is 30.7. The highest BCUT2D eigenvalue weighted by molar-refractivity contribution is 7.90. The molecule has 3 N–H and O–H groups in total. The molecule has 0 bridgehead atoms. The number of nitrogens with one attached hydrogen (secondary N) is 3. The normalized spacial score (nSPS) is 15.0. The van der Waals surface area contributed by atoms with Gasteiger partial charge >= 0.3 is 17.1 Å². The van der Waals surface area contributed by atoms with Crippen molar-refractivity contribution in [3.05, 3.63) is 135 Å². The summed E-state index contributed by atoms with van der Waals surface area (Å²) in [6.45, 7) is 9.01. The highest BCUT2D eigenvalue weighted by Gasteiger charge is 2.28. The Morgan fingerprint density at radius 3 is 0.803 bits per heavy atom. The second kappa shape index (κ2) is 21.5. The summed E-state index contributed by atoms with van der Waals surface area (Å²) < 4.78 is 87.9. The molecule has 27 heteroatoms. The smallest absolute Gasteiger partial charge is 0.258 e. The van der Waals surface area contributed by atoms with E-state index in [4.69, 9.17) is 0 Å². The molecule has 1 aromatic heterocycles. The van der Waals surface area contributed by atoms with Crippen molar-refractivity contribution < 1.29 is 40.0 Å². The van der Waals surface area contributed by atoms with Gasteiger partial charge in [0, 0.05) is 74.2 Å². The second-order valence-corrected chi connectivity index (χ2v) is 21.6. The van der Waals surface area contributed by atoms with E-state index >= 15 is 0 Å². The van der Waals surface area contributed by atoms with E-state index in [1.54, 1.807) is 20.8 Å². The topological polar surface area (TPSA) is 334 Å². The standard InChI is InChI=1S/C39H51N9O15S3/c1-25(22-40-64(58,59)34-13-7-31(8-14-34)46(52)53)19-28(4)43-37(49)44(29(5)20-26(2)23-41-65(60,61)35-15-9-32(10-16-35)47(54)55)39(51)45(38(43)50)30(6)21-27(3)24-42-66(62,63)36-17-11-33(12-18-36)48(56)57/h7-18,25-30,40-42H,19-24H2,1-6H3/t25-,26-,27-,28+,29+,30+/m0/s1. The summed E-state index contributed by atoms with van der Waals surface area (Å²) in [7, 11) is -12.4. The highest BCUT2D eigenvalue weighted by Crippen LogP contribution is 2.22. The summed E-state index contributed by atoms with van der Waals surface area (Å²) in [4.78, 5) is 73.2. The zero-order chi connectivity index (χ0) is 49.5. The number of non-ortho nitro benzene ring substituents is 3. The zero-order valence-corrected chi connectivity index (χ0v) is 39.1. The first-order valence-corrected chi connectivity index (χ1v) is 24.8. The molecule has 0 saturated heterocycles. The molecule has 0 radical (unpaired) electrons.